The van der Waals surface area contributed by atoms with Gasteiger partial charge in [-0.25, -0.2) is 4.98 Å². The molecule has 1 heterocycles. The highest BCUT2D eigenvalue weighted by molar-refractivity contribution is 7.15. The van der Waals surface area contributed by atoms with Crippen molar-refractivity contribution in [2.45, 2.75) is 20.3 Å². The number of anilines is 1. The first kappa shape index (κ1) is 11.7. The predicted molar refractivity (Wildman–Crippen MR) is 67.1 cm³/mol. The van der Waals surface area contributed by atoms with Crippen molar-refractivity contribution in [2.75, 3.05) is 5.73 Å². The molecule has 2 aromatic rings. The van der Waals surface area contributed by atoms with Crippen LogP contribution in [0.3, 0.4) is 0 Å². The third-order valence-electron chi connectivity index (χ3n) is 1.79. The summed E-state index contributed by atoms with van der Waals surface area (Å²) in [5, 5.41) is 0.644. The number of nitrogens with zero attached hydrogens (tertiary/aromatic N) is 1. The smallest absolute Gasteiger partial charge is 0.180 e. The Balaban J connectivity index is 0.000000531. The number of thiazole rings is 1. The van der Waals surface area contributed by atoms with Crippen LogP contribution in [0, 0.1) is 0 Å². The molecule has 0 spiro atoms. The molecule has 0 aliphatic carbocycles. The maximum absolute atomic E-state index is 5.54. The van der Waals surface area contributed by atoms with Gasteiger partial charge in [0.05, 0.1) is 0 Å². The van der Waals surface area contributed by atoms with E-state index in [-0.39, 0.29) is 0 Å². The van der Waals surface area contributed by atoms with Gasteiger partial charge in [0.1, 0.15) is 0 Å². The molecule has 3 heteroatoms. The monoisotopic (exact) mass is 220 g/mol. The first-order valence-corrected chi connectivity index (χ1v) is 5.90. The predicted octanol–water partition coefficient (Wildman–Crippen LogP) is 3.34. The van der Waals surface area contributed by atoms with Gasteiger partial charge in [0.25, 0.3) is 0 Å². The summed E-state index contributed by atoms with van der Waals surface area (Å²) in [5.74, 6) is 0. The van der Waals surface area contributed by atoms with E-state index in [4.69, 9.17) is 5.73 Å². The number of hydrogen-bond donors (Lipinski definition) is 1. The normalized spacial score (nSPS) is 9.20. The van der Waals surface area contributed by atoms with Crippen molar-refractivity contribution in [1.82, 2.24) is 4.98 Å². The Morgan fingerprint density at radius 1 is 1.20 bits per heavy atom. The van der Waals surface area contributed by atoms with E-state index in [9.17, 15) is 0 Å². The summed E-state index contributed by atoms with van der Waals surface area (Å²) in [6.45, 7) is 4.00. The van der Waals surface area contributed by atoms with E-state index in [0.717, 1.165) is 6.42 Å². The number of nitrogens with two attached hydrogens (primary N) is 1. The van der Waals surface area contributed by atoms with Crippen molar-refractivity contribution >= 4 is 16.5 Å². The Labute approximate surface area is 94.8 Å². The molecule has 0 bridgehead atoms. The highest BCUT2D eigenvalue weighted by Gasteiger charge is 1.99. The maximum Gasteiger partial charge on any atom is 0.180 e. The van der Waals surface area contributed by atoms with Gasteiger partial charge in [-0.1, -0.05) is 44.2 Å². The number of benzene rings is 1. The van der Waals surface area contributed by atoms with Gasteiger partial charge in [0.2, 0.25) is 0 Å². The molecular weight excluding hydrogens is 204 g/mol. The minimum Gasteiger partial charge on any atom is -0.375 e. The van der Waals surface area contributed by atoms with Crippen molar-refractivity contribution in [3.05, 3.63) is 47.0 Å². The molecular formula is C12H16N2S. The zero-order valence-corrected chi connectivity index (χ0v) is 9.92. The van der Waals surface area contributed by atoms with Gasteiger partial charge in [-0.15, -0.1) is 11.3 Å². The highest BCUT2D eigenvalue weighted by Crippen LogP contribution is 2.17. The van der Waals surface area contributed by atoms with E-state index in [1.54, 1.807) is 11.3 Å². The van der Waals surface area contributed by atoms with E-state index < -0.39 is 0 Å². The van der Waals surface area contributed by atoms with E-state index >= 15 is 0 Å². The Hall–Kier alpha value is -1.35. The standard InChI is InChI=1S/C10H10N2S.C2H6/c11-10-12-7-9(13-10)6-8-4-2-1-3-5-8;1-2/h1-5,7H,6H2,(H2,11,12);1-2H3. The molecule has 0 aliphatic heterocycles. The summed E-state index contributed by atoms with van der Waals surface area (Å²) in [6.07, 6.45) is 2.77. The molecule has 0 aliphatic rings. The minimum atomic E-state index is 0.644. The molecule has 1 aromatic carbocycles. The van der Waals surface area contributed by atoms with Gasteiger partial charge in [-0.2, -0.15) is 0 Å². The van der Waals surface area contributed by atoms with Crippen LogP contribution in [0.25, 0.3) is 0 Å². The molecule has 2 N–H and O–H groups in total. The van der Waals surface area contributed by atoms with Crippen molar-refractivity contribution in [3.63, 3.8) is 0 Å². The van der Waals surface area contributed by atoms with Crippen molar-refractivity contribution in [2.24, 2.45) is 0 Å². The number of rotatable bonds is 2. The molecule has 0 radical (unpaired) electrons. The van der Waals surface area contributed by atoms with Gasteiger partial charge in [-0.3, -0.25) is 0 Å². The summed E-state index contributed by atoms with van der Waals surface area (Å²) in [6, 6.07) is 10.3. The second-order valence-corrected chi connectivity index (χ2v) is 3.97. The molecule has 2 rings (SSSR count). The third kappa shape index (κ3) is 3.72. The second-order valence-electron chi connectivity index (χ2n) is 2.83. The Morgan fingerprint density at radius 2 is 1.87 bits per heavy atom. The lowest BCUT2D eigenvalue weighted by molar-refractivity contribution is 1.22. The van der Waals surface area contributed by atoms with Crippen LogP contribution in [0.5, 0.6) is 0 Å². The van der Waals surface area contributed by atoms with Crippen LogP contribution >= 0.6 is 11.3 Å². The summed E-state index contributed by atoms with van der Waals surface area (Å²) >= 11 is 1.55. The van der Waals surface area contributed by atoms with Gasteiger partial charge >= 0.3 is 0 Å². The molecule has 0 saturated carbocycles. The van der Waals surface area contributed by atoms with Crippen LogP contribution in [0.1, 0.15) is 24.3 Å². The number of aromatic nitrogens is 1. The average molecular weight is 220 g/mol. The fraction of sp³-hybridized carbons (Fsp3) is 0.250. The molecule has 15 heavy (non-hydrogen) atoms. The zero-order chi connectivity index (χ0) is 11.1. The van der Waals surface area contributed by atoms with Crippen LogP contribution in [-0.2, 0) is 6.42 Å². The molecule has 0 saturated heterocycles. The van der Waals surface area contributed by atoms with Gasteiger partial charge in [0, 0.05) is 17.5 Å². The topological polar surface area (TPSA) is 38.9 Å². The maximum atomic E-state index is 5.54. The van der Waals surface area contributed by atoms with Gasteiger partial charge < -0.3 is 5.73 Å². The van der Waals surface area contributed by atoms with Crippen LogP contribution < -0.4 is 5.73 Å². The zero-order valence-electron chi connectivity index (χ0n) is 9.10. The van der Waals surface area contributed by atoms with E-state index in [2.05, 4.69) is 17.1 Å². The molecule has 2 nitrogen and oxygen atoms in total. The summed E-state index contributed by atoms with van der Waals surface area (Å²) in [7, 11) is 0. The molecule has 1 aromatic heterocycles. The van der Waals surface area contributed by atoms with E-state index in [0.29, 0.717) is 5.13 Å². The summed E-state index contributed by atoms with van der Waals surface area (Å²) < 4.78 is 0. The van der Waals surface area contributed by atoms with Crippen LogP contribution in [0.2, 0.25) is 0 Å². The molecule has 0 unspecified atom stereocenters. The average Bonchev–Trinajstić information content (AvgIpc) is 2.68. The van der Waals surface area contributed by atoms with E-state index in [1.807, 2.05) is 38.2 Å². The number of nitrogen functional groups attached to an aromatic ring is 1. The van der Waals surface area contributed by atoms with Crippen molar-refractivity contribution < 1.29 is 0 Å². The Kier molecular flexibility index (Phi) is 4.84. The minimum absolute atomic E-state index is 0.644. The fourth-order valence-corrected chi connectivity index (χ4v) is 1.92. The first-order valence-electron chi connectivity index (χ1n) is 5.09. The van der Waals surface area contributed by atoms with Crippen molar-refractivity contribution in [1.29, 1.82) is 0 Å². The molecule has 0 amide bonds. The van der Waals surface area contributed by atoms with Crippen LogP contribution in [-0.4, -0.2) is 4.98 Å². The molecule has 0 atom stereocenters. The largest absolute Gasteiger partial charge is 0.375 e. The lowest BCUT2D eigenvalue weighted by Crippen LogP contribution is -1.82. The second kappa shape index (κ2) is 6.19. The van der Waals surface area contributed by atoms with Gasteiger partial charge in [-0.05, 0) is 5.56 Å². The Morgan fingerprint density at radius 3 is 2.40 bits per heavy atom. The fourth-order valence-electron chi connectivity index (χ4n) is 1.20. The SMILES string of the molecule is CC.Nc1ncc(Cc2ccccc2)s1. The molecule has 80 valence electrons. The third-order valence-corrected chi connectivity index (χ3v) is 2.62. The van der Waals surface area contributed by atoms with Crippen LogP contribution in [0.15, 0.2) is 36.5 Å². The van der Waals surface area contributed by atoms with Crippen LogP contribution in [0.4, 0.5) is 5.13 Å². The lowest BCUT2D eigenvalue weighted by atomic mass is 10.1. The quantitative estimate of drug-likeness (QED) is 0.843. The van der Waals surface area contributed by atoms with Gasteiger partial charge in [0.15, 0.2) is 5.13 Å². The number of hydrogen-bond acceptors (Lipinski definition) is 3. The summed E-state index contributed by atoms with van der Waals surface area (Å²) in [5.41, 5.74) is 6.84. The molecule has 0 fully saturated rings. The van der Waals surface area contributed by atoms with E-state index in [1.165, 1.54) is 10.4 Å². The Bertz CT molecular complexity index is 382. The van der Waals surface area contributed by atoms with Crippen molar-refractivity contribution in [3.8, 4) is 0 Å². The summed E-state index contributed by atoms with van der Waals surface area (Å²) in [4.78, 5) is 5.22. The lowest BCUT2D eigenvalue weighted by Gasteiger charge is -1.95. The highest BCUT2D eigenvalue weighted by atomic mass is 32.1. The first-order chi connectivity index (χ1) is 7.34.